The predicted octanol–water partition coefficient (Wildman–Crippen LogP) is 7.36. The topological polar surface area (TPSA) is 0 Å². The van der Waals surface area contributed by atoms with E-state index in [0.717, 1.165) is 11.3 Å². The van der Waals surface area contributed by atoms with E-state index in [0.29, 0.717) is 0 Å². The van der Waals surface area contributed by atoms with Crippen molar-refractivity contribution in [3.63, 3.8) is 0 Å². The zero-order valence-electron chi connectivity index (χ0n) is 14.6. The first-order valence-corrected chi connectivity index (χ1v) is 9.02. The molecule has 0 aliphatic carbocycles. The summed E-state index contributed by atoms with van der Waals surface area (Å²) >= 11 is 5.29. The lowest BCUT2D eigenvalue weighted by Crippen LogP contribution is -1.92. The van der Waals surface area contributed by atoms with Crippen LogP contribution >= 0.6 is 12.2 Å². The van der Waals surface area contributed by atoms with Crippen LogP contribution in [0.15, 0.2) is 35.5 Å². The standard InChI is InChI=1S/C20H34S/c1-6-11-17(4)13-9-10-14-19(12-7-2)15-16-20(8-3)18(5)21/h15-16H,4,6-14H2,1-3,5H3/b19-15+,20-16+. The van der Waals surface area contributed by atoms with Gasteiger partial charge in [-0.2, -0.15) is 0 Å². The van der Waals surface area contributed by atoms with Gasteiger partial charge in [-0.05, 0) is 57.4 Å². The summed E-state index contributed by atoms with van der Waals surface area (Å²) in [6.45, 7) is 12.8. The molecule has 0 N–H and O–H groups in total. The number of hydrogen-bond acceptors (Lipinski definition) is 1. The van der Waals surface area contributed by atoms with Crippen LogP contribution < -0.4 is 0 Å². The highest BCUT2D eigenvalue weighted by atomic mass is 32.1. The van der Waals surface area contributed by atoms with Crippen molar-refractivity contribution in [2.45, 2.75) is 85.5 Å². The molecule has 0 unspecified atom stereocenters. The predicted molar refractivity (Wildman–Crippen MR) is 102 cm³/mol. The lowest BCUT2D eigenvalue weighted by Gasteiger charge is -2.07. The van der Waals surface area contributed by atoms with Gasteiger partial charge >= 0.3 is 0 Å². The van der Waals surface area contributed by atoms with E-state index < -0.39 is 0 Å². The maximum absolute atomic E-state index is 5.29. The van der Waals surface area contributed by atoms with Crippen molar-refractivity contribution in [2.24, 2.45) is 0 Å². The Morgan fingerprint density at radius 3 is 2.05 bits per heavy atom. The molecule has 0 atom stereocenters. The van der Waals surface area contributed by atoms with Gasteiger partial charge in [0.05, 0.1) is 0 Å². The maximum atomic E-state index is 5.29. The first-order valence-electron chi connectivity index (χ1n) is 8.61. The van der Waals surface area contributed by atoms with E-state index in [2.05, 4.69) is 39.5 Å². The Hall–Kier alpha value is -0.690. The molecule has 0 fully saturated rings. The lowest BCUT2D eigenvalue weighted by atomic mass is 9.99. The molecule has 0 rings (SSSR count). The molecule has 0 aromatic heterocycles. The van der Waals surface area contributed by atoms with Crippen LogP contribution in [-0.2, 0) is 0 Å². The second kappa shape index (κ2) is 13.0. The minimum atomic E-state index is 1.03. The molecule has 0 saturated carbocycles. The molecule has 0 saturated heterocycles. The minimum absolute atomic E-state index is 1.03. The van der Waals surface area contributed by atoms with Crippen LogP contribution in [0, 0.1) is 0 Å². The summed E-state index contributed by atoms with van der Waals surface area (Å²) in [6, 6.07) is 0. The van der Waals surface area contributed by atoms with E-state index in [1.54, 1.807) is 5.57 Å². The lowest BCUT2D eigenvalue weighted by molar-refractivity contribution is 0.685. The van der Waals surface area contributed by atoms with E-state index in [1.165, 1.54) is 62.5 Å². The number of hydrogen-bond donors (Lipinski definition) is 0. The highest BCUT2D eigenvalue weighted by Gasteiger charge is 2.00. The van der Waals surface area contributed by atoms with Crippen LogP contribution in [0.25, 0.3) is 0 Å². The van der Waals surface area contributed by atoms with Crippen molar-refractivity contribution in [3.05, 3.63) is 35.5 Å². The molecule has 21 heavy (non-hydrogen) atoms. The molecule has 0 aliphatic heterocycles. The average Bonchev–Trinajstić information content (AvgIpc) is 2.44. The number of thiocarbonyl (C=S) groups is 1. The van der Waals surface area contributed by atoms with E-state index in [-0.39, 0.29) is 0 Å². The first-order chi connectivity index (χ1) is 10.0. The summed E-state index contributed by atoms with van der Waals surface area (Å²) in [7, 11) is 0. The summed E-state index contributed by atoms with van der Waals surface area (Å²) < 4.78 is 0. The summed E-state index contributed by atoms with van der Waals surface area (Å²) in [4.78, 5) is 1.03. The summed E-state index contributed by atoms with van der Waals surface area (Å²) in [5.41, 5.74) is 4.29. The molecule has 0 aromatic carbocycles. The number of unbranched alkanes of at least 4 members (excludes halogenated alkanes) is 1. The molecule has 120 valence electrons. The Balaban J connectivity index is 4.36. The molecule has 0 bridgehead atoms. The van der Waals surface area contributed by atoms with Gasteiger partial charge in [-0.15, -0.1) is 0 Å². The van der Waals surface area contributed by atoms with E-state index in [4.69, 9.17) is 12.2 Å². The van der Waals surface area contributed by atoms with Crippen molar-refractivity contribution < 1.29 is 0 Å². The van der Waals surface area contributed by atoms with Crippen molar-refractivity contribution in [2.75, 3.05) is 0 Å². The largest absolute Gasteiger partial charge is 0.0999 e. The van der Waals surface area contributed by atoms with Crippen molar-refractivity contribution in [3.8, 4) is 0 Å². The van der Waals surface area contributed by atoms with Crippen molar-refractivity contribution in [1.29, 1.82) is 0 Å². The highest BCUT2D eigenvalue weighted by molar-refractivity contribution is 7.80. The fourth-order valence-electron chi connectivity index (χ4n) is 2.52. The Bertz CT molecular complexity index is 371. The third-order valence-corrected chi connectivity index (χ3v) is 4.07. The Kier molecular flexibility index (Phi) is 12.6. The fraction of sp³-hybridized carbons (Fsp3) is 0.650. The van der Waals surface area contributed by atoms with Crippen LogP contribution in [0.4, 0.5) is 0 Å². The number of rotatable bonds is 12. The van der Waals surface area contributed by atoms with Gasteiger partial charge in [0.25, 0.3) is 0 Å². The molecular weight excluding hydrogens is 272 g/mol. The highest BCUT2D eigenvalue weighted by Crippen LogP contribution is 2.18. The third kappa shape index (κ3) is 10.6. The average molecular weight is 307 g/mol. The number of allylic oxidation sites excluding steroid dienone is 5. The molecule has 0 aliphatic rings. The van der Waals surface area contributed by atoms with Gasteiger partial charge in [0, 0.05) is 4.86 Å². The molecule has 0 spiro atoms. The maximum Gasteiger partial charge on any atom is 0.0153 e. The molecule has 0 radical (unpaired) electrons. The van der Waals surface area contributed by atoms with E-state index in [1.807, 2.05) is 6.92 Å². The zero-order chi connectivity index (χ0) is 16.1. The van der Waals surface area contributed by atoms with Gasteiger partial charge < -0.3 is 0 Å². The molecule has 0 amide bonds. The molecular formula is C20H34S. The quantitative estimate of drug-likeness (QED) is 0.119. The Morgan fingerprint density at radius 1 is 0.905 bits per heavy atom. The first kappa shape index (κ1) is 20.3. The molecule has 0 aromatic rings. The van der Waals surface area contributed by atoms with Crippen molar-refractivity contribution in [1.82, 2.24) is 0 Å². The van der Waals surface area contributed by atoms with Crippen LogP contribution in [0.5, 0.6) is 0 Å². The molecule has 1 heteroatoms. The Labute approximate surface area is 138 Å². The minimum Gasteiger partial charge on any atom is -0.0999 e. The molecule has 0 heterocycles. The summed E-state index contributed by atoms with van der Waals surface area (Å²) in [5, 5.41) is 0. The van der Waals surface area contributed by atoms with Gasteiger partial charge in [-0.25, -0.2) is 0 Å². The summed E-state index contributed by atoms with van der Waals surface area (Å²) in [6.07, 6.45) is 15.4. The van der Waals surface area contributed by atoms with Crippen LogP contribution in [0.1, 0.15) is 85.5 Å². The van der Waals surface area contributed by atoms with Gasteiger partial charge in [0.15, 0.2) is 0 Å². The van der Waals surface area contributed by atoms with Crippen LogP contribution in [-0.4, -0.2) is 4.86 Å². The van der Waals surface area contributed by atoms with Crippen LogP contribution in [0.3, 0.4) is 0 Å². The van der Waals surface area contributed by atoms with Gasteiger partial charge in [-0.1, -0.05) is 75.7 Å². The smallest absolute Gasteiger partial charge is 0.0153 e. The second-order valence-electron chi connectivity index (χ2n) is 5.88. The van der Waals surface area contributed by atoms with Gasteiger partial charge in [0.2, 0.25) is 0 Å². The fourth-order valence-corrected chi connectivity index (χ4v) is 2.73. The van der Waals surface area contributed by atoms with Crippen molar-refractivity contribution >= 4 is 17.1 Å². The summed E-state index contributed by atoms with van der Waals surface area (Å²) in [5.74, 6) is 0. The molecule has 0 nitrogen and oxygen atoms in total. The third-order valence-electron chi connectivity index (χ3n) is 3.81. The van der Waals surface area contributed by atoms with Gasteiger partial charge in [-0.3, -0.25) is 0 Å². The monoisotopic (exact) mass is 306 g/mol. The van der Waals surface area contributed by atoms with Crippen LogP contribution in [0.2, 0.25) is 0 Å². The SMILES string of the molecule is C=C(CCC)CCCC/C(=C/C=C(\CC)C(C)=S)CCC. The normalized spacial score (nSPS) is 12.6. The van der Waals surface area contributed by atoms with Gasteiger partial charge in [0.1, 0.15) is 0 Å². The second-order valence-corrected chi connectivity index (χ2v) is 6.50. The Morgan fingerprint density at radius 2 is 1.52 bits per heavy atom. The van der Waals surface area contributed by atoms with E-state index in [9.17, 15) is 0 Å². The zero-order valence-corrected chi connectivity index (χ0v) is 15.5. The van der Waals surface area contributed by atoms with E-state index >= 15 is 0 Å².